The molecule has 0 unspecified atom stereocenters. The Morgan fingerprint density at radius 2 is 2.03 bits per heavy atom. The smallest absolute Gasteiger partial charge is 0.351 e. The van der Waals surface area contributed by atoms with E-state index in [2.05, 4.69) is 21.6 Å². The zero-order valence-corrected chi connectivity index (χ0v) is 17.3. The molecule has 0 fully saturated rings. The molecule has 0 aliphatic carbocycles. The zero-order valence-electron chi connectivity index (χ0n) is 14.9. The number of nitrogens with zero attached hydrogens (tertiary/aromatic N) is 2. The summed E-state index contributed by atoms with van der Waals surface area (Å²) in [5, 5.41) is 6.62. The summed E-state index contributed by atoms with van der Waals surface area (Å²) in [6, 6.07) is 5.17. The maximum Gasteiger partial charge on any atom is 0.452 e. The Morgan fingerprint density at radius 1 is 1.27 bits per heavy atom. The summed E-state index contributed by atoms with van der Waals surface area (Å²) >= 11 is 2.09. The molecule has 0 spiro atoms. The van der Waals surface area contributed by atoms with E-state index in [4.69, 9.17) is 0 Å². The molecule has 0 bridgehead atoms. The van der Waals surface area contributed by atoms with Crippen molar-refractivity contribution in [1.29, 1.82) is 0 Å². The minimum atomic E-state index is -4.67. The number of carbonyl (C=O) groups excluding carboxylic acids is 1. The van der Waals surface area contributed by atoms with E-state index >= 15 is 0 Å². The molecule has 3 aromatic rings. The second kappa shape index (κ2) is 7.34. The molecule has 4 rings (SSSR count). The number of anilines is 1. The number of rotatable bonds is 5. The van der Waals surface area contributed by atoms with Crippen LogP contribution in [0.4, 0.5) is 18.2 Å². The van der Waals surface area contributed by atoms with E-state index in [0.717, 1.165) is 33.9 Å². The maximum atomic E-state index is 13.0. The summed E-state index contributed by atoms with van der Waals surface area (Å²) in [5.41, 5.74) is 0.697. The number of hydrogen-bond donors (Lipinski definition) is 1. The fourth-order valence-electron chi connectivity index (χ4n) is 2.79. The number of thiophene rings is 2. The van der Waals surface area contributed by atoms with Gasteiger partial charge in [0.25, 0.3) is 10.0 Å². The molecule has 30 heavy (non-hydrogen) atoms. The van der Waals surface area contributed by atoms with Gasteiger partial charge in [-0.05, 0) is 29.8 Å². The number of nitrogens with one attached hydrogen (secondary N) is 1. The monoisotopic (exact) mass is 475 g/mol. The molecule has 0 saturated carbocycles. The highest BCUT2D eigenvalue weighted by atomic mass is 32.2. The van der Waals surface area contributed by atoms with Crippen molar-refractivity contribution < 1.29 is 30.9 Å². The van der Waals surface area contributed by atoms with Crippen LogP contribution in [0.3, 0.4) is 0 Å². The number of alkyl halides is 3. The molecule has 4 heterocycles. The number of hydrogen-bond acceptors (Lipinski definition) is 7. The van der Waals surface area contributed by atoms with Crippen molar-refractivity contribution >= 4 is 43.6 Å². The third-order valence-electron chi connectivity index (χ3n) is 4.21. The first-order chi connectivity index (χ1) is 14.1. The Kier molecular flexibility index (Phi) is 5.08. The molecule has 13 heteroatoms. The molecule has 7 nitrogen and oxygen atoms in total. The highest BCUT2D eigenvalue weighted by Gasteiger charge is 2.37. The van der Waals surface area contributed by atoms with Gasteiger partial charge in [0.1, 0.15) is 9.90 Å². The Labute approximate surface area is 176 Å². The van der Waals surface area contributed by atoms with Gasteiger partial charge < -0.3 is 9.84 Å². The van der Waals surface area contributed by atoms with E-state index in [0.29, 0.717) is 5.00 Å². The quantitative estimate of drug-likeness (QED) is 0.555. The van der Waals surface area contributed by atoms with Crippen LogP contribution in [0.2, 0.25) is 0 Å². The Hall–Kier alpha value is -2.48. The molecule has 3 aromatic heterocycles. The molecule has 158 valence electrons. The Morgan fingerprint density at radius 3 is 2.67 bits per heavy atom. The highest BCUT2D eigenvalue weighted by molar-refractivity contribution is 7.91. The summed E-state index contributed by atoms with van der Waals surface area (Å²) in [4.78, 5) is 12.4. The molecule has 0 atom stereocenters. The van der Waals surface area contributed by atoms with Crippen LogP contribution < -0.4 is 5.32 Å². The lowest BCUT2D eigenvalue weighted by Gasteiger charge is -2.14. The fourth-order valence-corrected chi connectivity index (χ4v) is 6.77. The van der Waals surface area contributed by atoms with Gasteiger partial charge in [0.15, 0.2) is 0 Å². The number of amides is 1. The van der Waals surface area contributed by atoms with Gasteiger partial charge in [0.05, 0.1) is 9.88 Å². The molecular formula is C17H12F3N3O4S3. The highest BCUT2D eigenvalue weighted by Crippen LogP contribution is 2.40. The second-order valence-electron chi connectivity index (χ2n) is 6.22. The first-order valence-corrected chi connectivity index (χ1v) is 11.3. The molecule has 0 aromatic carbocycles. The van der Waals surface area contributed by atoms with Gasteiger partial charge in [-0.3, -0.25) is 4.79 Å². The second-order valence-corrected chi connectivity index (χ2v) is 10.6. The third-order valence-corrected chi connectivity index (χ3v) is 8.66. The third kappa shape index (κ3) is 3.80. The molecule has 1 aliphatic rings. The largest absolute Gasteiger partial charge is 0.452 e. The van der Waals surface area contributed by atoms with Crippen LogP contribution >= 0.6 is 22.7 Å². The zero-order chi connectivity index (χ0) is 21.7. The van der Waals surface area contributed by atoms with E-state index in [1.54, 1.807) is 6.07 Å². The molecule has 0 radical (unpaired) electrons. The van der Waals surface area contributed by atoms with Crippen molar-refractivity contribution in [1.82, 2.24) is 9.46 Å². The van der Waals surface area contributed by atoms with Crippen molar-refractivity contribution in [3.05, 3.63) is 53.1 Å². The van der Waals surface area contributed by atoms with Gasteiger partial charge in [-0.15, -0.1) is 22.7 Å². The van der Waals surface area contributed by atoms with Crippen molar-refractivity contribution in [2.45, 2.75) is 23.5 Å². The summed E-state index contributed by atoms with van der Waals surface area (Å²) in [6.45, 7) is 3.65. The average Bonchev–Trinajstić information content (AvgIpc) is 3.41. The van der Waals surface area contributed by atoms with Crippen LogP contribution in [0.15, 0.2) is 45.7 Å². The lowest BCUT2D eigenvalue weighted by atomic mass is 10.3. The standard InChI is InChI=1S/C17H12F3N3O4S3/c1-2-14(24)21-15-5-9-7-23(8-12(9)28-15)30(25,26)16-4-3-11(29-16)10-6-13(27-22-10)17(18,19)20/h2-6H,1,7-8H2,(H,21,24). The number of fused-ring (bicyclic) bond motifs is 1. The molecule has 1 N–H and O–H groups in total. The summed E-state index contributed by atoms with van der Waals surface area (Å²) in [6.07, 6.45) is -3.53. The van der Waals surface area contributed by atoms with Crippen molar-refractivity contribution in [2.75, 3.05) is 5.32 Å². The number of aromatic nitrogens is 1. The minimum absolute atomic E-state index is 0.00982. The van der Waals surface area contributed by atoms with Crippen LogP contribution in [0.5, 0.6) is 0 Å². The first-order valence-electron chi connectivity index (χ1n) is 8.27. The summed E-state index contributed by atoms with van der Waals surface area (Å²) in [5.74, 6) is -1.61. The van der Waals surface area contributed by atoms with E-state index in [-0.39, 0.29) is 33.8 Å². The topological polar surface area (TPSA) is 92.5 Å². The SMILES string of the molecule is C=CC(=O)Nc1cc2c(s1)CN(S(=O)(=O)c1ccc(-c3cc(C(F)(F)F)on3)s1)C2. The number of halogens is 3. The number of sulfonamides is 1. The average molecular weight is 475 g/mol. The van der Waals surface area contributed by atoms with Crippen LogP contribution in [-0.2, 0) is 34.1 Å². The lowest BCUT2D eigenvalue weighted by molar-refractivity contribution is -0.155. The molecular weight excluding hydrogens is 463 g/mol. The maximum absolute atomic E-state index is 13.0. The normalized spacial score (nSPS) is 14.6. The molecule has 1 amide bonds. The van der Waals surface area contributed by atoms with Crippen LogP contribution in [0.1, 0.15) is 16.2 Å². The van der Waals surface area contributed by atoms with Gasteiger partial charge in [0, 0.05) is 24.0 Å². The van der Waals surface area contributed by atoms with E-state index in [1.165, 1.54) is 27.8 Å². The van der Waals surface area contributed by atoms with Crippen LogP contribution in [-0.4, -0.2) is 23.8 Å². The van der Waals surface area contributed by atoms with E-state index in [1.807, 2.05) is 0 Å². The van der Waals surface area contributed by atoms with Crippen molar-refractivity contribution in [3.8, 4) is 10.6 Å². The van der Waals surface area contributed by atoms with Crippen LogP contribution in [0, 0.1) is 0 Å². The van der Waals surface area contributed by atoms with Gasteiger partial charge in [0.2, 0.25) is 11.7 Å². The van der Waals surface area contributed by atoms with Crippen molar-refractivity contribution in [3.63, 3.8) is 0 Å². The first kappa shape index (κ1) is 20.8. The van der Waals surface area contributed by atoms with Gasteiger partial charge in [-0.1, -0.05) is 11.7 Å². The molecule has 0 saturated heterocycles. The van der Waals surface area contributed by atoms with E-state index < -0.39 is 22.0 Å². The van der Waals surface area contributed by atoms with Crippen LogP contribution in [0.25, 0.3) is 10.6 Å². The van der Waals surface area contributed by atoms with Gasteiger partial charge >= 0.3 is 6.18 Å². The number of carbonyl (C=O) groups is 1. The Bertz CT molecular complexity index is 1220. The lowest BCUT2D eigenvalue weighted by Crippen LogP contribution is -2.25. The fraction of sp³-hybridized carbons (Fsp3) is 0.176. The van der Waals surface area contributed by atoms with Crippen molar-refractivity contribution in [2.24, 2.45) is 0 Å². The van der Waals surface area contributed by atoms with Gasteiger partial charge in [-0.2, -0.15) is 17.5 Å². The summed E-state index contributed by atoms with van der Waals surface area (Å²) in [7, 11) is -3.85. The van der Waals surface area contributed by atoms with E-state index in [9.17, 15) is 26.4 Å². The predicted octanol–water partition coefficient (Wildman–Crippen LogP) is 4.31. The summed E-state index contributed by atoms with van der Waals surface area (Å²) < 4.78 is 69.5. The molecule has 1 aliphatic heterocycles. The predicted molar refractivity (Wildman–Crippen MR) is 104 cm³/mol. The Balaban J connectivity index is 1.52. The minimum Gasteiger partial charge on any atom is -0.351 e. The van der Waals surface area contributed by atoms with Gasteiger partial charge in [-0.25, -0.2) is 8.42 Å².